The van der Waals surface area contributed by atoms with Gasteiger partial charge in [0.2, 0.25) is 0 Å². The lowest BCUT2D eigenvalue weighted by Gasteiger charge is -2.14. The lowest BCUT2D eigenvalue weighted by molar-refractivity contribution is 0.356. The molecule has 0 N–H and O–H groups in total. The predicted octanol–water partition coefficient (Wildman–Crippen LogP) is 3.47. The lowest BCUT2D eigenvalue weighted by Crippen LogP contribution is -1.96. The molecule has 0 spiro atoms. The van der Waals surface area contributed by atoms with E-state index in [4.69, 9.17) is 4.74 Å². The van der Waals surface area contributed by atoms with Crippen LogP contribution in [0.1, 0.15) is 25.7 Å². The van der Waals surface area contributed by atoms with Crippen molar-refractivity contribution in [2.24, 2.45) is 0 Å². The summed E-state index contributed by atoms with van der Waals surface area (Å²) in [5.74, 6) is 1.02. The normalized spacial score (nSPS) is 21.5. The summed E-state index contributed by atoms with van der Waals surface area (Å²) in [7, 11) is 0. The van der Waals surface area contributed by atoms with Crippen LogP contribution in [-0.4, -0.2) is 0 Å². The van der Waals surface area contributed by atoms with Crippen LogP contribution >= 0.6 is 0 Å². The summed E-state index contributed by atoms with van der Waals surface area (Å²) in [4.78, 5) is 0. The summed E-state index contributed by atoms with van der Waals surface area (Å²) in [6.45, 7) is 0. The molecule has 0 bridgehead atoms. The van der Waals surface area contributed by atoms with E-state index in [0.717, 1.165) is 12.2 Å². The van der Waals surface area contributed by atoms with Crippen LogP contribution in [0.4, 0.5) is 0 Å². The van der Waals surface area contributed by atoms with Gasteiger partial charge in [0.25, 0.3) is 0 Å². The number of hydrogen-bond donors (Lipinski definition) is 0. The highest BCUT2D eigenvalue weighted by atomic mass is 16.5. The van der Waals surface area contributed by atoms with Crippen LogP contribution in [0.3, 0.4) is 0 Å². The third-order valence-corrected chi connectivity index (χ3v) is 2.35. The molecule has 1 heterocycles. The maximum Gasteiger partial charge on any atom is 0.129 e. The number of ether oxygens (including phenoxy) is 1. The Morgan fingerprint density at radius 1 is 1.08 bits per heavy atom. The quantitative estimate of drug-likeness (QED) is 0.591. The monoisotopic (exact) mass is 174 g/mol. The summed E-state index contributed by atoms with van der Waals surface area (Å²) in [5, 5.41) is 0. The topological polar surface area (TPSA) is 9.23 Å². The van der Waals surface area contributed by atoms with Gasteiger partial charge in [0.15, 0.2) is 0 Å². The molecule has 2 rings (SSSR count). The van der Waals surface area contributed by atoms with E-state index in [0.29, 0.717) is 0 Å². The van der Waals surface area contributed by atoms with Gasteiger partial charge in [-0.15, -0.1) is 0 Å². The van der Waals surface area contributed by atoms with Gasteiger partial charge in [-0.25, -0.2) is 0 Å². The van der Waals surface area contributed by atoms with Crippen molar-refractivity contribution in [3.63, 3.8) is 0 Å². The lowest BCUT2D eigenvalue weighted by atomic mass is 9.98. The molecule has 13 heavy (non-hydrogen) atoms. The van der Waals surface area contributed by atoms with Crippen LogP contribution in [0, 0.1) is 0 Å². The van der Waals surface area contributed by atoms with Gasteiger partial charge in [0.1, 0.15) is 5.76 Å². The Morgan fingerprint density at radius 3 is 2.92 bits per heavy atom. The number of hydrogen-bond acceptors (Lipinski definition) is 1. The van der Waals surface area contributed by atoms with Gasteiger partial charge in [-0.05, 0) is 43.4 Å². The molecule has 1 heteroatoms. The van der Waals surface area contributed by atoms with Crippen LogP contribution < -0.4 is 0 Å². The molecule has 0 fully saturated rings. The molecule has 0 saturated heterocycles. The van der Waals surface area contributed by atoms with Crippen molar-refractivity contribution in [3.05, 3.63) is 48.0 Å². The Hall–Kier alpha value is -1.24. The first-order valence-electron chi connectivity index (χ1n) is 4.86. The van der Waals surface area contributed by atoms with Crippen molar-refractivity contribution >= 4 is 0 Å². The van der Waals surface area contributed by atoms with Crippen LogP contribution in [0.25, 0.3) is 0 Å². The maximum absolute atomic E-state index is 5.49. The van der Waals surface area contributed by atoms with Gasteiger partial charge in [-0.2, -0.15) is 0 Å². The van der Waals surface area contributed by atoms with E-state index >= 15 is 0 Å². The largest absolute Gasteiger partial charge is 0.465 e. The van der Waals surface area contributed by atoms with Crippen molar-refractivity contribution in [2.75, 3.05) is 0 Å². The number of rotatable bonds is 1. The summed E-state index contributed by atoms with van der Waals surface area (Å²) in [6, 6.07) is 0. The first-order valence-corrected chi connectivity index (χ1v) is 4.86. The van der Waals surface area contributed by atoms with Crippen molar-refractivity contribution < 1.29 is 4.74 Å². The minimum atomic E-state index is 1.02. The first-order chi connectivity index (χ1) is 6.47. The molecule has 1 nitrogen and oxygen atoms in total. The Balaban J connectivity index is 2.15. The predicted molar refractivity (Wildman–Crippen MR) is 54.0 cm³/mol. The fourth-order valence-electron chi connectivity index (χ4n) is 1.65. The highest BCUT2D eigenvalue weighted by Gasteiger charge is 2.09. The van der Waals surface area contributed by atoms with Gasteiger partial charge >= 0.3 is 0 Å². The van der Waals surface area contributed by atoms with E-state index in [9.17, 15) is 0 Å². The molecule has 1 aliphatic heterocycles. The smallest absolute Gasteiger partial charge is 0.129 e. The number of allylic oxidation sites excluding steroid dienone is 6. The summed E-state index contributed by atoms with van der Waals surface area (Å²) < 4.78 is 5.49. The van der Waals surface area contributed by atoms with E-state index in [1.54, 1.807) is 6.26 Å². The average molecular weight is 174 g/mol. The van der Waals surface area contributed by atoms with Crippen molar-refractivity contribution in [1.82, 2.24) is 0 Å². The highest BCUT2D eigenvalue weighted by molar-refractivity contribution is 5.32. The minimum Gasteiger partial charge on any atom is -0.465 e. The summed E-state index contributed by atoms with van der Waals surface area (Å²) in [5.41, 5.74) is 1.36. The van der Waals surface area contributed by atoms with Crippen molar-refractivity contribution in [2.45, 2.75) is 25.7 Å². The Morgan fingerprint density at radius 2 is 2.08 bits per heavy atom. The average Bonchev–Trinajstić information content (AvgIpc) is 2.47. The maximum atomic E-state index is 5.49. The van der Waals surface area contributed by atoms with Gasteiger partial charge in [0, 0.05) is 0 Å². The summed E-state index contributed by atoms with van der Waals surface area (Å²) in [6.07, 6.45) is 17.0. The molecule has 2 aliphatic rings. The minimum absolute atomic E-state index is 1.02. The third-order valence-electron chi connectivity index (χ3n) is 2.35. The molecule has 0 atom stereocenters. The van der Waals surface area contributed by atoms with Crippen molar-refractivity contribution in [3.8, 4) is 0 Å². The molecular formula is C12H14O. The standard InChI is InChI=1S/C12H14O/c1-3-7-11(8-4-1)12-9-5-2-6-10-13-12/h2,5-7,9-10H,1,3-4,8H2. The van der Waals surface area contributed by atoms with E-state index in [-0.39, 0.29) is 0 Å². The SMILES string of the molecule is C1=CC=C(C2=CCCCC2)OC=C1. The van der Waals surface area contributed by atoms with Crippen LogP contribution in [0.2, 0.25) is 0 Å². The molecule has 0 aromatic carbocycles. The van der Waals surface area contributed by atoms with E-state index in [1.165, 1.54) is 24.8 Å². The molecule has 0 aromatic heterocycles. The van der Waals surface area contributed by atoms with Gasteiger partial charge in [-0.3, -0.25) is 0 Å². The van der Waals surface area contributed by atoms with E-state index in [1.807, 2.05) is 24.3 Å². The van der Waals surface area contributed by atoms with Gasteiger partial charge in [-0.1, -0.05) is 18.2 Å². The second-order valence-electron chi connectivity index (χ2n) is 3.34. The molecule has 0 unspecified atom stereocenters. The molecule has 0 amide bonds. The van der Waals surface area contributed by atoms with E-state index < -0.39 is 0 Å². The van der Waals surface area contributed by atoms with Gasteiger partial charge in [0.05, 0.1) is 6.26 Å². The molecule has 0 saturated carbocycles. The zero-order chi connectivity index (χ0) is 8.93. The fourth-order valence-corrected chi connectivity index (χ4v) is 1.65. The van der Waals surface area contributed by atoms with Crippen molar-refractivity contribution in [1.29, 1.82) is 0 Å². The Bertz CT molecular complexity index is 292. The van der Waals surface area contributed by atoms with Gasteiger partial charge < -0.3 is 4.74 Å². The molecule has 0 radical (unpaired) electrons. The second kappa shape index (κ2) is 4.13. The highest BCUT2D eigenvalue weighted by Crippen LogP contribution is 2.25. The van der Waals surface area contributed by atoms with E-state index in [2.05, 4.69) is 6.08 Å². The second-order valence-corrected chi connectivity index (χ2v) is 3.34. The fraction of sp³-hybridized carbons (Fsp3) is 0.333. The van der Waals surface area contributed by atoms with Crippen LogP contribution in [0.5, 0.6) is 0 Å². The molecule has 0 aromatic rings. The third kappa shape index (κ3) is 2.11. The Kier molecular flexibility index (Phi) is 2.65. The first kappa shape index (κ1) is 8.36. The van der Waals surface area contributed by atoms with Crippen LogP contribution in [0.15, 0.2) is 48.0 Å². The Labute approximate surface area is 79.1 Å². The zero-order valence-electron chi connectivity index (χ0n) is 7.70. The zero-order valence-corrected chi connectivity index (χ0v) is 7.70. The molecular weight excluding hydrogens is 160 g/mol. The molecule has 1 aliphatic carbocycles. The summed E-state index contributed by atoms with van der Waals surface area (Å²) >= 11 is 0. The van der Waals surface area contributed by atoms with Crippen LogP contribution in [-0.2, 0) is 4.74 Å². The molecule has 68 valence electrons.